The van der Waals surface area contributed by atoms with Crippen LogP contribution in [-0.4, -0.2) is 36.1 Å². The highest BCUT2D eigenvalue weighted by Gasteiger charge is 2.34. The van der Waals surface area contributed by atoms with Crippen LogP contribution >= 0.6 is 11.3 Å². The molecule has 0 aromatic carbocycles. The minimum Gasteiger partial charge on any atom is -0.353 e. The van der Waals surface area contributed by atoms with Crippen LogP contribution in [-0.2, 0) is 11.3 Å². The van der Waals surface area contributed by atoms with E-state index in [4.69, 9.17) is 0 Å². The summed E-state index contributed by atoms with van der Waals surface area (Å²) >= 11 is 1.81. The fourth-order valence-corrected chi connectivity index (χ4v) is 4.24. The predicted molar refractivity (Wildman–Crippen MR) is 83.5 cm³/mol. The van der Waals surface area contributed by atoms with Crippen LogP contribution in [0.15, 0.2) is 6.20 Å². The number of anilines is 1. The summed E-state index contributed by atoms with van der Waals surface area (Å²) in [5.74, 6) is 0.820. The van der Waals surface area contributed by atoms with Crippen LogP contribution in [0.5, 0.6) is 0 Å². The molecule has 21 heavy (non-hydrogen) atoms. The zero-order valence-electron chi connectivity index (χ0n) is 12.2. The van der Waals surface area contributed by atoms with E-state index < -0.39 is 0 Å². The van der Waals surface area contributed by atoms with Gasteiger partial charge in [0.1, 0.15) is 0 Å². The van der Waals surface area contributed by atoms with Crippen molar-refractivity contribution in [2.75, 3.05) is 18.0 Å². The van der Waals surface area contributed by atoms with Crippen LogP contribution in [0, 0.1) is 5.92 Å². The topological polar surface area (TPSA) is 57.3 Å². The summed E-state index contributed by atoms with van der Waals surface area (Å²) in [6.45, 7) is 3.00. The first kappa shape index (κ1) is 13.5. The van der Waals surface area contributed by atoms with Crippen molar-refractivity contribution in [1.82, 2.24) is 15.6 Å². The molecule has 3 heterocycles. The molecule has 0 radical (unpaired) electrons. The van der Waals surface area contributed by atoms with Crippen LogP contribution in [0.4, 0.5) is 5.13 Å². The lowest BCUT2D eigenvalue weighted by atomic mass is 9.85. The molecule has 3 aliphatic rings. The molecule has 3 fully saturated rings. The summed E-state index contributed by atoms with van der Waals surface area (Å²) in [4.78, 5) is 19.8. The third-order valence-electron chi connectivity index (χ3n) is 4.78. The van der Waals surface area contributed by atoms with Gasteiger partial charge in [-0.25, -0.2) is 4.98 Å². The number of nitrogens with zero attached hydrogens (tertiary/aromatic N) is 2. The number of hydrogen-bond acceptors (Lipinski definition) is 5. The zero-order valence-corrected chi connectivity index (χ0v) is 13.0. The number of hydrogen-bond donors (Lipinski definition) is 2. The molecule has 2 atom stereocenters. The van der Waals surface area contributed by atoms with E-state index in [-0.39, 0.29) is 5.91 Å². The summed E-state index contributed by atoms with van der Waals surface area (Å²) in [6.07, 6.45) is 7.42. The number of carbonyl (C=O) groups excluding carboxylic acids is 1. The highest BCUT2D eigenvalue weighted by Crippen LogP contribution is 2.31. The van der Waals surface area contributed by atoms with Gasteiger partial charge in [0.05, 0.1) is 0 Å². The summed E-state index contributed by atoms with van der Waals surface area (Å²) in [6, 6.07) is 1.13. The van der Waals surface area contributed by atoms with E-state index in [1.165, 1.54) is 17.7 Å². The molecule has 1 amide bonds. The standard InChI is InChI=1S/C15H22N4OS/c20-14-4-1-10-9-19(6-5-13(10)18-14)15-17-8-12(21-15)7-16-11-2-3-11/h8,10-11,13,16H,1-7,9H2,(H,18,20). The molecule has 2 saturated heterocycles. The molecule has 2 unspecified atom stereocenters. The Morgan fingerprint density at radius 1 is 1.38 bits per heavy atom. The van der Waals surface area contributed by atoms with Crippen molar-refractivity contribution in [2.45, 2.75) is 50.7 Å². The Morgan fingerprint density at radius 3 is 3.14 bits per heavy atom. The molecule has 114 valence electrons. The van der Waals surface area contributed by atoms with Crippen LogP contribution in [0.3, 0.4) is 0 Å². The molecule has 1 aromatic rings. The number of rotatable bonds is 4. The van der Waals surface area contributed by atoms with Crippen molar-refractivity contribution >= 4 is 22.4 Å². The Morgan fingerprint density at radius 2 is 2.29 bits per heavy atom. The number of piperidine rings is 2. The van der Waals surface area contributed by atoms with Crippen molar-refractivity contribution in [3.63, 3.8) is 0 Å². The second-order valence-electron chi connectivity index (χ2n) is 6.47. The SMILES string of the molecule is O=C1CCC2CN(c3ncc(CNC4CC4)s3)CCC2N1. The first-order valence-electron chi connectivity index (χ1n) is 8.00. The maximum Gasteiger partial charge on any atom is 0.220 e. The predicted octanol–water partition coefficient (Wildman–Crippen LogP) is 1.50. The lowest BCUT2D eigenvalue weighted by Crippen LogP contribution is -2.54. The van der Waals surface area contributed by atoms with Gasteiger partial charge in [-0.3, -0.25) is 4.79 Å². The Labute approximate surface area is 129 Å². The van der Waals surface area contributed by atoms with Crippen molar-refractivity contribution in [1.29, 1.82) is 0 Å². The lowest BCUT2D eigenvalue weighted by Gasteiger charge is -2.41. The van der Waals surface area contributed by atoms with Crippen LogP contribution in [0.1, 0.15) is 37.0 Å². The third kappa shape index (κ3) is 3.06. The average molecular weight is 306 g/mol. The van der Waals surface area contributed by atoms with Crippen molar-refractivity contribution in [3.05, 3.63) is 11.1 Å². The number of thiazole rings is 1. The van der Waals surface area contributed by atoms with Gasteiger partial charge in [0.2, 0.25) is 5.91 Å². The second-order valence-corrected chi connectivity index (χ2v) is 7.57. The summed E-state index contributed by atoms with van der Waals surface area (Å²) in [7, 11) is 0. The quantitative estimate of drug-likeness (QED) is 0.885. The fraction of sp³-hybridized carbons (Fsp3) is 0.733. The van der Waals surface area contributed by atoms with E-state index >= 15 is 0 Å². The molecular weight excluding hydrogens is 284 g/mol. The van der Waals surface area contributed by atoms with E-state index in [1.807, 2.05) is 17.5 Å². The van der Waals surface area contributed by atoms with Crippen LogP contribution in [0.2, 0.25) is 0 Å². The Kier molecular flexibility index (Phi) is 3.59. The first-order chi connectivity index (χ1) is 10.3. The molecule has 0 spiro atoms. The maximum absolute atomic E-state index is 11.5. The Bertz CT molecular complexity index is 527. The van der Waals surface area contributed by atoms with Gasteiger partial charge in [0, 0.05) is 49.2 Å². The number of aromatic nitrogens is 1. The minimum atomic E-state index is 0.229. The van der Waals surface area contributed by atoms with E-state index in [0.717, 1.165) is 43.6 Å². The first-order valence-corrected chi connectivity index (χ1v) is 8.82. The summed E-state index contributed by atoms with van der Waals surface area (Å²) in [5.41, 5.74) is 0. The largest absolute Gasteiger partial charge is 0.353 e. The minimum absolute atomic E-state index is 0.229. The van der Waals surface area contributed by atoms with Gasteiger partial charge in [-0.15, -0.1) is 11.3 Å². The molecule has 4 rings (SSSR count). The average Bonchev–Trinajstić information content (AvgIpc) is 3.21. The number of fused-ring (bicyclic) bond motifs is 1. The number of nitrogens with one attached hydrogen (secondary N) is 2. The normalized spacial score (nSPS) is 29.1. The molecule has 6 heteroatoms. The van der Waals surface area contributed by atoms with Gasteiger partial charge in [0.25, 0.3) is 0 Å². The molecule has 1 aliphatic carbocycles. The van der Waals surface area contributed by atoms with E-state index in [0.29, 0.717) is 18.4 Å². The Balaban J connectivity index is 1.36. The smallest absolute Gasteiger partial charge is 0.220 e. The monoisotopic (exact) mass is 306 g/mol. The number of amides is 1. The number of carbonyl (C=O) groups is 1. The van der Waals surface area contributed by atoms with Crippen LogP contribution in [0.25, 0.3) is 0 Å². The molecule has 5 nitrogen and oxygen atoms in total. The van der Waals surface area contributed by atoms with Gasteiger partial charge in [-0.05, 0) is 31.6 Å². The van der Waals surface area contributed by atoms with E-state index in [1.54, 1.807) is 0 Å². The molecule has 2 aliphatic heterocycles. The highest BCUT2D eigenvalue weighted by molar-refractivity contribution is 7.15. The van der Waals surface area contributed by atoms with Gasteiger partial charge in [-0.2, -0.15) is 0 Å². The van der Waals surface area contributed by atoms with Crippen molar-refractivity contribution in [2.24, 2.45) is 5.92 Å². The Hall–Kier alpha value is -1.14. The van der Waals surface area contributed by atoms with Gasteiger partial charge in [-0.1, -0.05) is 0 Å². The van der Waals surface area contributed by atoms with E-state index in [9.17, 15) is 4.79 Å². The van der Waals surface area contributed by atoms with Crippen molar-refractivity contribution < 1.29 is 4.79 Å². The van der Waals surface area contributed by atoms with Crippen molar-refractivity contribution in [3.8, 4) is 0 Å². The second kappa shape index (κ2) is 5.57. The van der Waals surface area contributed by atoms with E-state index in [2.05, 4.69) is 20.5 Å². The molecule has 1 aromatic heterocycles. The van der Waals surface area contributed by atoms with Gasteiger partial charge >= 0.3 is 0 Å². The lowest BCUT2D eigenvalue weighted by molar-refractivity contribution is -0.124. The molecule has 0 bridgehead atoms. The van der Waals surface area contributed by atoms with Crippen LogP contribution < -0.4 is 15.5 Å². The fourth-order valence-electron chi connectivity index (χ4n) is 3.34. The van der Waals surface area contributed by atoms with Gasteiger partial charge < -0.3 is 15.5 Å². The maximum atomic E-state index is 11.5. The molecule has 1 saturated carbocycles. The summed E-state index contributed by atoms with van der Waals surface area (Å²) in [5, 5.41) is 7.84. The zero-order chi connectivity index (χ0) is 14.2. The third-order valence-corrected chi connectivity index (χ3v) is 5.83. The molecule has 2 N–H and O–H groups in total. The van der Waals surface area contributed by atoms with Gasteiger partial charge in [0.15, 0.2) is 5.13 Å². The highest BCUT2D eigenvalue weighted by atomic mass is 32.1. The summed E-state index contributed by atoms with van der Waals surface area (Å²) < 4.78 is 0. The molecular formula is C15H22N4OS.